The maximum Gasteiger partial charge on any atom is 0.268 e. The van der Waals surface area contributed by atoms with Gasteiger partial charge in [-0.15, -0.1) is 12.4 Å². The lowest BCUT2D eigenvalue weighted by atomic mass is 9.91. The highest BCUT2D eigenvalue weighted by Crippen LogP contribution is 2.35. The first-order valence-corrected chi connectivity index (χ1v) is 10.1. The molecule has 144 valence electrons. The van der Waals surface area contributed by atoms with Crippen LogP contribution in [0.25, 0.3) is 10.9 Å². The van der Waals surface area contributed by atoms with Crippen molar-refractivity contribution >= 4 is 33.3 Å². The zero-order valence-corrected chi connectivity index (χ0v) is 16.9. The Hall–Kier alpha value is -1.89. The minimum Gasteiger partial charge on any atom is -0.306 e. The smallest absolute Gasteiger partial charge is 0.268 e. The molecule has 4 nitrogen and oxygen atoms in total. The van der Waals surface area contributed by atoms with E-state index >= 15 is 0 Å². The van der Waals surface area contributed by atoms with Crippen molar-refractivity contribution in [3.63, 3.8) is 0 Å². The second kappa shape index (κ2) is 7.26. The van der Waals surface area contributed by atoms with Gasteiger partial charge in [0.05, 0.1) is 10.4 Å². The van der Waals surface area contributed by atoms with E-state index in [1.807, 2.05) is 24.3 Å². The van der Waals surface area contributed by atoms with Gasteiger partial charge in [0.2, 0.25) is 0 Å². The van der Waals surface area contributed by atoms with Crippen LogP contribution in [0.4, 0.5) is 4.39 Å². The van der Waals surface area contributed by atoms with Crippen molar-refractivity contribution in [1.82, 2.24) is 8.87 Å². The Morgan fingerprint density at radius 3 is 2.41 bits per heavy atom. The number of rotatable bonds is 3. The summed E-state index contributed by atoms with van der Waals surface area (Å²) < 4.78 is 41.4. The zero-order chi connectivity index (χ0) is 18.5. The lowest BCUT2D eigenvalue weighted by Gasteiger charge is -2.29. The van der Waals surface area contributed by atoms with Crippen LogP contribution < -0.4 is 0 Å². The molecule has 0 saturated carbocycles. The Bertz CT molecular complexity index is 1080. The average molecular weight is 409 g/mol. The predicted molar refractivity (Wildman–Crippen MR) is 108 cm³/mol. The molecule has 0 fully saturated rings. The summed E-state index contributed by atoms with van der Waals surface area (Å²) in [6.07, 6.45) is 2.44. The normalized spacial score (nSPS) is 17.0. The van der Waals surface area contributed by atoms with Crippen LogP contribution >= 0.6 is 12.4 Å². The molecule has 0 amide bonds. The number of halogens is 2. The predicted octanol–water partition coefficient (Wildman–Crippen LogP) is 3.86. The van der Waals surface area contributed by atoms with Crippen LogP contribution in [0.5, 0.6) is 0 Å². The first-order chi connectivity index (χ1) is 12.4. The van der Waals surface area contributed by atoms with E-state index in [1.165, 1.54) is 28.2 Å². The molecule has 0 N–H and O–H groups in total. The number of fused-ring (bicyclic) bond motifs is 3. The lowest BCUT2D eigenvalue weighted by Crippen LogP contribution is -2.34. The molecular weight excluding hydrogens is 387 g/mol. The molecule has 1 aliphatic rings. The van der Waals surface area contributed by atoms with Crippen LogP contribution in [0.3, 0.4) is 0 Å². The molecule has 7 heteroatoms. The Morgan fingerprint density at radius 1 is 1.07 bits per heavy atom. The van der Waals surface area contributed by atoms with E-state index < -0.39 is 15.8 Å². The van der Waals surface area contributed by atoms with E-state index in [9.17, 15) is 12.8 Å². The highest BCUT2D eigenvalue weighted by molar-refractivity contribution is 7.90. The number of likely N-dealkylation sites (N-methyl/N-ethyl adjacent to an activating group) is 1. The molecule has 1 aliphatic carbocycles. The van der Waals surface area contributed by atoms with Crippen molar-refractivity contribution in [2.24, 2.45) is 0 Å². The molecule has 0 bridgehead atoms. The van der Waals surface area contributed by atoms with E-state index in [2.05, 4.69) is 19.0 Å². The molecule has 3 aromatic rings. The van der Waals surface area contributed by atoms with Gasteiger partial charge in [0.15, 0.2) is 0 Å². The first kappa shape index (κ1) is 19.9. The van der Waals surface area contributed by atoms with Gasteiger partial charge in [-0.3, -0.25) is 0 Å². The quantitative estimate of drug-likeness (QED) is 0.661. The van der Waals surface area contributed by atoms with Gasteiger partial charge in [-0.25, -0.2) is 16.8 Å². The van der Waals surface area contributed by atoms with Gasteiger partial charge in [0, 0.05) is 17.1 Å². The van der Waals surface area contributed by atoms with Crippen molar-refractivity contribution in [3.05, 3.63) is 65.6 Å². The monoisotopic (exact) mass is 408 g/mol. The van der Waals surface area contributed by atoms with Crippen molar-refractivity contribution in [2.75, 3.05) is 14.1 Å². The zero-order valence-electron chi connectivity index (χ0n) is 15.2. The minimum absolute atomic E-state index is 0. The van der Waals surface area contributed by atoms with Gasteiger partial charge in [-0.2, -0.15) is 0 Å². The summed E-state index contributed by atoms with van der Waals surface area (Å²) >= 11 is 0. The number of benzene rings is 2. The maximum atomic E-state index is 13.3. The molecule has 0 radical (unpaired) electrons. The largest absolute Gasteiger partial charge is 0.306 e. The van der Waals surface area contributed by atoms with Crippen LogP contribution in [-0.2, 0) is 22.9 Å². The van der Waals surface area contributed by atoms with E-state index in [4.69, 9.17) is 0 Å². The third-order valence-electron chi connectivity index (χ3n) is 5.28. The Kier molecular flexibility index (Phi) is 5.34. The molecule has 1 aromatic heterocycles. The molecule has 4 rings (SSSR count). The Balaban J connectivity index is 0.00000210. The third-order valence-corrected chi connectivity index (χ3v) is 7.04. The first-order valence-electron chi connectivity index (χ1n) is 8.68. The molecule has 1 heterocycles. The number of para-hydroxylation sites is 1. The lowest BCUT2D eigenvalue weighted by molar-refractivity contribution is 0.267. The highest BCUT2D eigenvalue weighted by atomic mass is 35.5. The van der Waals surface area contributed by atoms with Crippen molar-refractivity contribution in [2.45, 2.75) is 30.2 Å². The van der Waals surface area contributed by atoms with Gasteiger partial charge in [0.25, 0.3) is 10.0 Å². The summed E-state index contributed by atoms with van der Waals surface area (Å²) in [5, 5.41) is 0.986. The van der Waals surface area contributed by atoms with Gasteiger partial charge in [-0.1, -0.05) is 18.2 Å². The molecular formula is C20H22ClFN2O2S. The van der Waals surface area contributed by atoms with Crippen molar-refractivity contribution in [1.29, 1.82) is 0 Å². The fourth-order valence-corrected chi connectivity index (χ4v) is 5.48. The van der Waals surface area contributed by atoms with Crippen LogP contribution in [0.15, 0.2) is 53.4 Å². The van der Waals surface area contributed by atoms with E-state index in [0.29, 0.717) is 18.0 Å². The Morgan fingerprint density at radius 2 is 1.74 bits per heavy atom. The summed E-state index contributed by atoms with van der Waals surface area (Å²) in [6, 6.07) is 13.1. The van der Waals surface area contributed by atoms with Crippen LogP contribution in [0.2, 0.25) is 0 Å². The summed E-state index contributed by atoms with van der Waals surface area (Å²) in [6.45, 7) is 0. The summed E-state index contributed by atoms with van der Waals surface area (Å²) in [5.74, 6) is -0.447. The van der Waals surface area contributed by atoms with Gasteiger partial charge in [-0.05, 0) is 69.3 Å². The fourth-order valence-electron chi connectivity index (χ4n) is 3.88. The van der Waals surface area contributed by atoms with Gasteiger partial charge in [0.1, 0.15) is 5.82 Å². The fraction of sp³-hybridized carbons (Fsp3) is 0.300. The number of aromatic nitrogens is 1. The molecule has 0 aliphatic heterocycles. The molecule has 27 heavy (non-hydrogen) atoms. The standard InChI is InChI=1S/C20H21FN2O2S.ClH/c1-22(2)15-9-12-20-18(13-15)17-5-3-4-6-19(17)23(20)26(24,25)16-10-7-14(21)8-11-16;/h3-8,10-11,15H,9,12-13H2,1-2H3;1H. The minimum atomic E-state index is -3.78. The molecule has 0 spiro atoms. The van der Waals surface area contributed by atoms with Crippen molar-refractivity contribution < 1.29 is 12.8 Å². The molecule has 0 saturated heterocycles. The maximum absolute atomic E-state index is 13.3. The van der Waals surface area contributed by atoms with Gasteiger partial charge >= 0.3 is 0 Å². The number of hydrogen-bond acceptors (Lipinski definition) is 3. The van der Waals surface area contributed by atoms with Crippen LogP contribution in [-0.4, -0.2) is 37.4 Å². The molecule has 2 aromatic carbocycles. The Labute approximate surface area is 165 Å². The second-order valence-corrected chi connectivity index (χ2v) is 8.81. The highest BCUT2D eigenvalue weighted by Gasteiger charge is 2.31. The molecule has 1 atom stereocenters. The number of hydrogen-bond donors (Lipinski definition) is 0. The second-order valence-electron chi connectivity index (χ2n) is 7.03. The van der Waals surface area contributed by atoms with Crippen LogP contribution in [0.1, 0.15) is 17.7 Å². The summed E-state index contributed by atoms with van der Waals surface area (Å²) in [7, 11) is 0.337. The van der Waals surface area contributed by atoms with Crippen LogP contribution in [0, 0.1) is 5.82 Å². The number of nitrogens with zero attached hydrogens (tertiary/aromatic N) is 2. The summed E-state index contributed by atoms with van der Waals surface area (Å²) in [4.78, 5) is 2.31. The van der Waals surface area contributed by atoms with Gasteiger partial charge < -0.3 is 4.90 Å². The topological polar surface area (TPSA) is 42.3 Å². The summed E-state index contributed by atoms with van der Waals surface area (Å²) in [5.41, 5.74) is 2.66. The van der Waals surface area contributed by atoms with Crippen molar-refractivity contribution in [3.8, 4) is 0 Å². The third kappa shape index (κ3) is 3.26. The average Bonchev–Trinajstić information content (AvgIpc) is 2.96. The van der Waals surface area contributed by atoms with E-state index in [1.54, 1.807) is 0 Å². The van der Waals surface area contributed by atoms with E-state index in [0.717, 1.165) is 29.5 Å². The molecule has 1 unspecified atom stereocenters. The van der Waals surface area contributed by atoms with E-state index in [-0.39, 0.29) is 17.3 Å². The SMILES string of the molecule is CN(C)C1CCc2c(c3ccccc3n2S(=O)(=O)c2ccc(F)cc2)C1.Cl.